The van der Waals surface area contributed by atoms with E-state index in [-0.39, 0.29) is 0 Å². The van der Waals surface area contributed by atoms with Crippen molar-refractivity contribution in [3.63, 3.8) is 0 Å². The fourth-order valence-electron chi connectivity index (χ4n) is 3.44. The molecule has 0 saturated carbocycles. The number of hydrogen-bond donors (Lipinski definition) is 1. The third-order valence-electron chi connectivity index (χ3n) is 4.61. The molecule has 2 N–H and O–H groups in total. The third-order valence-corrected chi connectivity index (χ3v) is 4.61. The van der Waals surface area contributed by atoms with Gasteiger partial charge in [-0.25, -0.2) is 4.98 Å². The van der Waals surface area contributed by atoms with Gasteiger partial charge < -0.3 is 0 Å². The molecule has 3 heteroatoms. The van der Waals surface area contributed by atoms with Crippen molar-refractivity contribution in [2.45, 2.75) is 52.0 Å². The molecule has 0 bridgehead atoms. The van der Waals surface area contributed by atoms with Gasteiger partial charge in [-0.3, -0.25) is 5.32 Å². The molecule has 2 aromatic rings. The van der Waals surface area contributed by atoms with E-state index < -0.39 is 0 Å². The Morgan fingerprint density at radius 2 is 1.83 bits per heavy atom. The molecule has 0 atom stereocenters. The highest BCUT2D eigenvalue weighted by Crippen LogP contribution is 2.31. The van der Waals surface area contributed by atoms with Crippen LogP contribution in [-0.4, -0.2) is 0 Å². The molecule has 23 heavy (non-hydrogen) atoms. The molecule has 0 fully saturated rings. The van der Waals surface area contributed by atoms with Gasteiger partial charge in [-0.2, -0.15) is 5.26 Å². The Kier molecular flexibility index (Phi) is 4.62. The molecule has 1 aromatic heterocycles. The summed E-state index contributed by atoms with van der Waals surface area (Å²) in [5.74, 6) is 1.31. The summed E-state index contributed by atoms with van der Waals surface area (Å²) >= 11 is 0. The van der Waals surface area contributed by atoms with Crippen molar-refractivity contribution in [3.8, 4) is 6.07 Å². The van der Waals surface area contributed by atoms with Crippen molar-refractivity contribution in [1.82, 2.24) is 0 Å². The van der Waals surface area contributed by atoms with Gasteiger partial charge in [0.2, 0.25) is 0 Å². The molecule has 3 nitrogen and oxygen atoms in total. The van der Waals surface area contributed by atoms with Crippen molar-refractivity contribution in [2.75, 3.05) is 5.32 Å². The maximum Gasteiger partial charge on any atom is 0.291 e. The van der Waals surface area contributed by atoms with Crippen LogP contribution in [0.25, 0.3) is 0 Å². The van der Waals surface area contributed by atoms with E-state index in [1.807, 2.05) is 18.2 Å². The smallest absolute Gasteiger partial charge is 0.269 e. The largest absolute Gasteiger partial charge is 0.291 e. The van der Waals surface area contributed by atoms with E-state index in [0.29, 0.717) is 5.92 Å². The first kappa shape index (κ1) is 15.6. The number of hydrogen-bond acceptors (Lipinski definition) is 2. The molecule has 0 spiro atoms. The lowest BCUT2D eigenvalue weighted by Crippen LogP contribution is -2.26. The number of H-pyrrole nitrogens is 1. The highest BCUT2D eigenvalue weighted by Gasteiger charge is 2.26. The lowest BCUT2D eigenvalue weighted by atomic mass is 9.85. The Morgan fingerprint density at radius 3 is 2.48 bits per heavy atom. The Balaban J connectivity index is 1.98. The first-order valence-electron chi connectivity index (χ1n) is 8.49. The minimum absolute atomic E-state index is 0.437. The van der Waals surface area contributed by atoms with Gasteiger partial charge in [0.25, 0.3) is 5.82 Å². The number of aromatic amines is 1. The van der Waals surface area contributed by atoms with Crippen molar-refractivity contribution in [3.05, 3.63) is 58.3 Å². The van der Waals surface area contributed by atoms with E-state index in [2.05, 4.69) is 42.4 Å². The SMILES string of the molecule is CC(C)c1[nH+]c(NCc2ccccc2)c(C#N)c2c1CCCC2. The van der Waals surface area contributed by atoms with Crippen molar-refractivity contribution < 1.29 is 4.98 Å². The van der Waals surface area contributed by atoms with Crippen LogP contribution in [-0.2, 0) is 19.4 Å². The van der Waals surface area contributed by atoms with Gasteiger partial charge in [0.15, 0.2) is 0 Å². The highest BCUT2D eigenvalue weighted by atomic mass is 15.0. The average molecular weight is 306 g/mol. The highest BCUT2D eigenvalue weighted by molar-refractivity contribution is 5.56. The van der Waals surface area contributed by atoms with Crippen LogP contribution >= 0.6 is 0 Å². The van der Waals surface area contributed by atoms with Crippen LogP contribution in [0.2, 0.25) is 0 Å². The molecule has 0 aliphatic heterocycles. The van der Waals surface area contributed by atoms with Crippen LogP contribution < -0.4 is 10.3 Å². The molecule has 0 saturated heterocycles. The molecule has 0 radical (unpaired) electrons. The van der Waals surface area contributed by atoms with E-state index in [4.69, 9.17) is 0 Å². The Morgan fingerprint density at radius 1 is 1.13 bits per heavy atom. The van der Waals surface area contributed by atoms with Gasteiger partial charge in [0.05, 0.1) is 0 Å². The molecular weight excluding hydrogens is 282 g/mol. The number of benzene rings is 1. The monoisotopic (exact) mass is 306 g/mol. The zero-order valence-electron chi connectivity index (χ0n) is 13.9. The standard InChI is InChI=1S/C20H23N3/c1-14(2)19-17-11-7-6-10-16(17)18(12-21)20(23-19)22-13-15-8-4-3-5-9-15/h3-5,8-9,14H,6-7,10-11,13H2,1-2H3,(H,22,23)/p+1. The van der Waals surface area contributed by atoms with Crippen LogP contribution in [0.4, 0.5) is 5.82 Å². The third kappa shape index (κ3) is 3.22. The Bertz CT molecular complexity index is 727. The number of nitrogens with one attached hydrogen (secondary N) is 2. The molecule has 3 rings (SSSR count). The van der Waals surface area contributed by atoms with Crippen molar-refractivity contribution >= 4 is 5.82 Å². The molecule has 1 aromatic carbocycles. The number of anilines is 1. The lowest BCUT2D eigenvalue weighted by Gasteiger charge is -2.21. The summed E-state index contributed by atoms with van der Waals surface area (Å²) < 4.78 is 0. The van der Waals surface area contributed by atoms with E-state index >= 15 is 0 Å². The van der Waals surface area contributed by atoms with Gasteiger partial charge in [-0.1, -0.05) is 44.2 Å². The summed E-state index contributed by atoms with van der Waals surface area (Å²) in [4.78, 5) is 3.53. The molecule has 0 unspecified atom stereocenters. The number of nitrogens with zero attached hydrogens (tertiary/aromatic N) is 1. The number of aromatic nitrogens is 1. The van der Waals surface area contributed by atoms with E-state index in [1.54, 1.807) is 0 Å². The molecule has 1 aliphatic rings. The number of pyridine rings is 1. The van der Waals surface area contributed by atoms with Crippen LogP contribution in [0.3, 0.4) is 0 Å². The van der Waals surface area contributed by atoms with Gasteiger partial charge in [-0.05, 0) is 42.4 Å². The molecule has 118 valence electrons. The summed E-state index contributed by atoms with van der Waals surface area (Å²) in [6, 6.07) is 12.7. The number of rotatable bonds is 4. The van der Waals surface area contributed by atoms with Crippen LogP contribution in [0, 0.1) is 11.3 Å². The predicted octanol–water partition coefficient (Wildman–Crippen LogP) is 3.99. The number of nitriles is 1. The maximum absolute atomic E-state index is 9.69. The summed E-state index contributed by atoms with van der Waals surface area (Å²) in [6.07, 6.45) is 4.52. The summed E-state index contributed by atoms with van der Waals surface area (Å²) in [6.45, 7) is 5.16. The molecule has 1 aliphatic carbocycles. The summed E-state index contributed by atoms with van der Waals surface area (Å²) in [5.41, 5.74) is 5.95. The fraction of sp³-hybridized carbons (Fsp3) is 0.400. The first-order chi connectivity index (χ1) is 11.2. The summed E-state index contributed by atoms with van der Waals surface area (Å²) in [7, 11) is 0. The second-order valence-electron chi connectivity index (χ2n) is 6.56. The molecular formula is C20H24N3+. The molecule has 1 heterocycles. The average Bonchev–Trinajstić information content (AvgIpc) is 2.59. The van der Waals surface area contributed by atoms with Crippen LogP contribution in [0.5, 0.6) is 0 Å². The first-order valence-corrected chi connectivity index (χ1v) is 8.49. The zero-order valence-corrected chi connectivity index (χ0v) is 13.9. The van der Waals surface area contributed by atoms with E-state index in [0.717, 1.165) is 30.8 Å². The van der Waals surface area contributed by atoms with Crippen LogP contribution in [0.15, 0.2) is 30.3 Å². The van der Waals surface area contributed by atoms with Gasteiger partial charge in [-0.15, -0.1) is 0 Å². The summed E-state index contributed by atoms with van der Waals surface area (Å²) in [5, 5.41) is 13.1. The van der Waals surface area contributed by atoms with E-state index in [9.17, 15) is 5.26 Å². The molecule has 0 amide bonds. The van der Waals surface area contributed by atoms with Crippen molar-refractivity contribution in [1.29, 1.82) is 5.26 Å². The van der Waals surface area contributed by atoms with Crippen LogP contribution in [0.1, 0.15) is 60.6 Å². The van der Waals surface area contributed by atoms with Gasteiger partial charge >= 0.3 is 0 Å². The quantitative estimate of drug-likeness (QED) is 0.928. The normalized spacial score (nSPS) is 13.5. The Labute approximate surface area is 138 Å². The van der Waals surface area contributed by atoms with Gasteiger partial charge in [0.1, 0.15) is 23.9 Å². The zero-order chi connectivity index (χ0) is 16.2. The topological polar surface area (TPSA) is 50.0 Å². The second-order valence-corrected chi connectivity index (χ2v) is 6.56. The minimum Gasteiger partial charge on any atom is -0.269 e. The minimum atomic E-state index is 0.437. The number of fused-ring (bicyclic) bond motifs is 1. The lowest BCUT2D eigenvalue weighted by molar-refractivity contribution is -0.377. The van der Waals surface area contributed by atoms with E-state index in [1.165, 1.54) is 35.2 Å². The maximum atomic E-state index is 9.69. The Hall–Kier alpha value is -2.34. The van der Waals surface area contributed by atoms with Gasteiger partial charge in [0, 0.05) is 5.92 Å². The van der Waals surface area contributed by atoms with Crippen molar-refractivity contribution in [2.24, 2.45) is 0 Å². The second kappa shape index (κ2) is 6.83. The fourth-order valence-corrected chi connectivity index (χ4v) is 3.44. The predicted molar refractivity (Wildman–Crippen MR) is 92.2 cm³/mol.